The molecule has 6 heteroatoms. The summed E-state index contributed by atoms with van der Waals surface area (Å²) in [6.45, 7) is 3.24. The maximum absolute atomic E-state index is 12.7. The summed E-state index contributed by atoms with van der Waals surface area (Å²) in [6, 6.07) is 12.6. The lowest BCUT2D eigenvalue weighted by atomic mass is 9.95. The van der Waals surface area contributed by atoms with Gasteiger partial charge in [-0.3, -0.25) is 9.59 Å². The molecule has 2 aromatic carbocycles. The topological polar surface area (TPSA) is 82.1 Å². The molecule has 2 aromatic rings. The highest BCUT2D eigenvalue weighted by Crippen LogP contribution is 2.35. The van der Waals surface area contributed by atoms with E-state index in [2.05, 4.69) is 0 Å². The quantitative estimate of drug-likeness (QED) is 0.621. The first-order valence-corrected chi connectivity index (χ1v) is 8.85. The lowest BCUT2D eigenvalue weighted by Crippen LogP contribution is -2.23. The van der Waals surface area contributed by atoms with Crippen LogP contribution in [0.3, 0.4) is 0 Å². The summed E-state index contributed by atoms with van der Waals surface area (Å²) < 4.78 is 16.3. The Balaban J connectivity index is 1.79. The Morgan fingerprint density at radius 3 is 2.74 bits per heavy atom. The fourth-order valence-electron chi connectivity index (χ4n) is 2.91. The Morgan fingerprint density at radius 1 is 1.19 bits per heavy atom. The second-order valence-corrected chi connectivity index (χ2v) is 6.39. The van der Waals surface area contributed by atoms with E-state index in [0.29, 0.717) is 22.6 Å². The van der Waals surface area contributed by atoms with Gasteiger partial charge in [-0.15, -0.1) is 0 Å². The SMILES string of the molecule is CC(OCCO)OC(=O)C(C)c1ccc2c(c1)C(=O)Cc1ccccc1O2. The molecule has 0 bridgehead atoms. The highest BCUT2D eigenvalue weighted by molar-refractivity contribution is 6.01. The number of carbonyl (C=O) groups excluding carboxylic acids is 2. The van der Waals surface area contributed by atoms with Crippen LogP contribution in [0.25, 0.3) is 0 Å². The number of Topliss-reactive ketones (excluding diaryl/α,β-unsaturated/α-hetero) is 1. The number of hydrogen-bond acceptors (Lipinski definition) is 6. The molecule has 27 heavy (non-hydrogen) atoms. The monoisotopic (exact) mass is 370 g/mol. The fraction of sp³-hybridized carbons (Fsp3) is 0.333. The molecule has 0 saturated heterocycles. The summed E-state index contributed by atoms with van der Waals surface area (Å²) in [5.74, 6) is 0.0464. The van der Waals surface area contributed by atoms with Crippen LogP contribution in [0.5, 0.6) is 11.5 Å². The molecule has 0 radical (unpaired) electrons. The van der Waals surface area contributed by atoms with Crippen LogP contribution in [0.1, 0.15) is 41.3 Å². The molecular weight excluding hydrogens is 348 g/mol. The molecule has 1 aliphatic heterocycles. The van der Waals surface area contributed by atoms with Crippen molar-refractivity contribution in [3.63, 3.8) is 0 Å². The molecule has 0 saturated carbocycles. The minimum absolute atomic E-state index is 0.0583. The van der Waals surface area contributed by atoms with Gasteiger partial charge in [-0.25, -0.2) is 0 Å². The minimum Gasteiger partial charge on any atom is -0.456 e. The lowest BCUT2D eigenvalue weighted by Gasteiger charge is -2.18. The van der Waals surface area contributed by atoms with E-state index in [9.17, 15) is 9.59 Å². The smallest absolute Gasteiger partial charge is 0.315 e. The zero-order chi connectivity index (χ0) is 19.4. The third-order valence-electron chi connectivity index (χ3n) is 4.43. The van der Waals surface area contributed by atoms with Gasteiger partial charge in [0.2, 0.25) is 0 Å². The summed E-state index contributed by atoms with van der Waals surface area (Å²) in [5.41, 5.74) is 1.95. The van der Waals surface area contributed by atoms with Crippen LogP contribution in [0.2, 0.25) is 0 Å². The first-order valence-electron chi connectivity index (χ1n) is 8.85. The van der Waals surface area contributed by atoms with E-state index in [1.165, 1.54) is 0 Å². The summed E-state index contributed by atoms with van der Waals surface area (Å²) in [4.78, 5) is 25.0. The van der Waals surface area contributed by atoms with Crippen LogP contribution in [-0.2, 0) is 20.7 Å². The molecular formula is C21H22O6. The number of para-hydroxylation sites is 1. The van der Waals surface area contributed by atoms with Crippen molar-refractivity contribution < 1.29 is 28.9 Å². The van der Waals surface area contributed by atoms with Crippen molar-refractivity contribution in [3.05, 3.63) is 59.2 Å². The Hall–Kier alpha value is -2.70. The van der Waals surface area contributed by atoms with Gasteiger partial charge in [-0.05, 0) is 37.6 Å². The molecule has 3 rings (SSSR count). The van der Waals surface area contributed by atoms with Crippen molar-refractivity contribution in [3.8, 4) is 11.5 Å². The Kier molecular flexibility index (Phi) is 5.88. The number of carbonyl (C=O) groups is 2. The molecule has 0 aliphatic carbocycles. The first kappa shape index (κ1) is 19.1. The van der Waals surface area contributed by atoms with Crippen LogP contribution in [0, 0.1) is 0 Å². The molecule has 2 unspecified atom stereocenters. The van der Waals surface area contributed by atoms with Gasteiger partial charge in [-0.2, -0.15) is 0 Å². The molecule has 2 atom stereocenters. The summed E-state index contributed by atoms with van der Waals surface area (Å²) in [6.07, 6.45) is -0.510. The number of hydrogen-bond donors (Lipinski definition) is 1. The number of aliphatic hydroxyl groups is 1. The predicted octanol–water partition coefficient (Wildman–Crippen LogP) is 3.22. The maximum Gasteiger partial charge on any atom is 0.315 e. The number of ketones is 1. The highest BCUT2D eigenvalue weighted by atomic mass is 16.7. The lowest BCUT2D eigenvalue weighted by molar-refractivity contribution is -0.177. The number of esters is 1. The summed E-state index contributed by atoms with van der Waals surface area (Å²) in [5, 5.41) is 8.75. The molecule has 142 valence electrons. The normalized spacial score (nSPS) is 15.0. The van der Waals surface area contributed by atoms with E-state index < -0.39 is 18.2 Å². The molecule has 0 amide bonds. The van der Waals surface area contributed by atoms with Crippen molar-refractivity contribution in [2.24, 2.45) is 0 Å². The number of rotatable bonds is 6. The first-order chi connectivity index (χ1) is 13.0. The van der Waals surface area contributed by atoms with Crippen molar-refractivity contribution in [1.29, 1.82) is 0 Å². The average Bonchev–Trinajstić information content (AvgIpc) is 2.81. The summed E-state index contributed by atoms with van der Waals surface area (Å²) >= 11 is 0. The van der Waals surface area contributed by atoms with Gasteiger partial charge in [0.1, 0.15) is 11.5 Å². The molecule has 0 aromatic heterocycles. The fourth-order valence-corrected chi connectivity index (χ4v) is 2.91. The second kappa shape index (κ2) is 8.33. The van der Waals surface area contributed by atoms with E-state index >= 15 is 0 Å². The van der Waals surface area contributed by atoms with Gasteiger partial charge in [0, 0.05) is 12.0 Å². The number of benzene rings is 2. The van der Waals surface area contributed by atoms with E-state index in [1.807, 2.05) is 24.3 Å². The molecule has 1 heterocycles. The Morgan fingerprint density at radius 2 is 1.96 bits per heavy atom. The van der Waals surface area contributed by atoms with Crippen LogP contribution >= 0.6 is 0 Å². The molecule has 1 aliphatic rings. The van der Waals surface area contributed by atoms with Crippen molar-refractivity contribution in [1.82, 2.24) is 0 Å². The minimum atomic E-state index is -0.757. The van der Waals surface area contributed by atoms with Crippen molar-refractivity contribution >= 4 is 11.8 Å². The average molecular weight is 370 g/mol. The zero-order valence-corrected chi connectivity index (χ0v) is 15.3. The van der Waals surface area contributed by atoms with Gasteiger partial charge < -0.3 is 19.3 Å². The second-order valence-electron chi connectivity index (χ2n) is 6.39. The summed E-state index contributed by atoms with van der Waals surface area (Å²) in [7, 11) is 0. The van der Waals surface area contributed by atoms with E-state index in [1.54, 1.807) is 32.0 Å². The third-order valence-corrected chi connectivity index (χ3v) is 4.43. The van der Waals surface area contributed by atoms with Crippen LogP contribution < -0.4 is 4.74 Å². The van der Waals surface area contributed by atoms with E-state index in [-0.39, 0.29) is 25.4 Å². The highest BCUT2D eigenvalue weighted by Gasteiger charge is 2.25. The Bertz CT molecular complexity index is 844. The number of ether oxygens (including phenoxy) is 3. The molecule has 1 N–H and O–H groups in total. The van der Waals surface area contributed by atoms with Gasteiger partial charge in [0.25, 0.3) is 0 Å². The molecule has 0 fully saturated rings. The molecule has 6 nitrogen and oxygen atoms in total. The number of aliphatic hydroxyl groups excluding tert-OH is 1. The van der Waals surface area contributed by atoms with Gasteiger partial charge in [0.05, 0.1) is 24.7 Å². The van der Waals surface area contributed by atoms with E-state index in [0.717, 1.165) is 5.56 Å². The van der Waals surface area contributed by atoms with Gasteiger partial charge in [-0.1, -0.05) is 24.3 Å². The van der Waals surface area contributed by atoms with Crippen LogP contribution in [-0.4, -0.2) is 36.4 Å². The predicted molar refractivity (Wildman–Crippen MR) is 98.0 cm³/mol. The third kappa shape index (κ3) is 4.35. The zero-order valence-electron chi connectivity index (χ0n) is 15.3. The van der Waals surface area contributed by atoms with Crippen LogP contribution in [0.15, 0.2) is 42.5 Å². The van der Waals surface area contributed by atoms with Crippen LogP contribution in [0.4, 0.5) is 0 Å². The van der Waals surface area contributed by atoms with Gasteiger partial charge >= 0.3 is 5.97 Å². The standard InChI is InChI=1S/C21H22O6/c1-13(21(24)26-14(2)25-10-9-22)15-7-8-20-17(11-15)18(23)12-16-5-3-4-6-19(16)27-20/h3-8,11,13-14,22H,9-10,12H2,1-2H3. The van der Waals surface area contributed by atoms with Crippen molar-refractivity contribution in [2.75, 3.05) is 13.2 Å². The Labute approximate surface area is 157 Å². The molecule has 0 spiro atoms. The van der Waals surface area contributed by atoms with Gasteiger partial charge in [0.15, 0.2) is 12.1 Å². The van der Waals surface area contributed by atoms with Crippen molar-refractivity contribution in [2.45, 2.75) is 32.5 Å². The van der Waals surface area contributed by atoms with E-state index in [4.69, 9.17) is 19.3 Å². The number of fused-ring (bicyclic) bond motifs is 2. The largest absolute Gasteiger partial charge is 0.456 e. The maximum atomic E-state index is 12.7.